The van der Waals surface area contributed by atoms with E-state index in [9.17, 15) is 4.39 Å². The largest absolute Gasteiger partial charge is 0.489 e. The Kier molecular flexibility index (Phi) is 4.35. The van der Waals surface area contributed by atoms with Gasteiger partial charge in [-0.15, -0.1) is 0 Å². The molecule has 2 nitrogen and oxygen atoms in total. The van der Waals surface area contributed by atoms with Crippen LogP contribution in [-0.2, 0) is 6.61 Å². The molecule has 0 aliphatic carbocycles. The van der Waals surface area contributed by atoms with Crippen molar-refractivity contribution >= 4 is 17.2 Å². The van der Waals surface area contributed by atoms with Gasteiger partial charge in [0.2, 0.25) is 0 Å². The Morgan fingerprint density at radius 1 is 1.20 bits per heavy atom. The topological polar surface area (TPSA) is 35.2 Å². The van der Waals surface area contributed by atoms with Gasteiger partial charge in [0, 0.05) is 11.6 Å². The molecule has 2 N–H and O–H groups in total. The van der Waals surface area contributed by atoms with Gasteiger partial charge in [0.1, 0.15) is 23.2 Å². The average molecular weight is 289 g/mol. The molecular formula is C16H16FNOS. The number of ether oxygens (including phenoxy) is 1. The van der Waals surface area contributed by atoms with E-state index < -0.39 is 5.82 Å². The third-order valence-corrected chi connectivity index (χ3v) is 3.32. The van der Waals surface area contributed by atoms with Crippen LogP contribution in [0.3, 0.4) is 0 Å². The third kappa shape index (κ3) is 3.33. The molecule has 0 fully saturated rings. The molecule has 0 aliphatic heterocycles. The third-order valence-electron chi connectivity index (χ3n) is 3.10. The first-order chi connectivity index (χ1) is 9.47. The van der Waals surface area contributed by atoms with E-state index in [1.807, 2.05) is 19.9 Å². The lowest BCUT2D eigenvalue weighted by Gasteiger charge is -2.10. The number of nitrogens with two attached hydrogens (primary N) is 1. The van der Waals surface area contributed by atoms with Crippen LogP contribution in [0.4, 0.5) is 4.39 Å². The number of hydrogen-bond donors (Lipinski definition) is 1. The fourth-order valence-corrected chi connectivity index (χ4v) is 2.07. The van der Waals surface area contributed by atoms with Crippen molar-refractivity contribution in [2.24, 2.45) is 5.73 Å². The maximum Gasteiger partial charge on any atom is 0.137 e. The van der Waals surface area contributed by atoms with E-state index in [-0.39, 0.29) is 10.6 Å². The Morgan fingerprint density at radius 3 is 2.60 bits per heavy atom. The summed E-state index contributed by atoms with van der Waals surface area (Å²) in [5, 5.41) is 0. The van der Waals surface area contributed by atoms with Crippen LogP contribution in [0.25, 0.3) is 0 Å². The molecule has 2 rings (SSSR count). The highest BCUT2D eigenvalue weighted by atomic mass is 32.1. The van der Waals surface area contributed by atoms with Crippen molar-refractivity contribution in [3.63, 3.8) is 0 Å². The van der Waals surface area contributed by atoms with Gasteiger partial charge in [0.15, 0.2) is 0 Å². The van der Waals surface area contributed by atoms with Gasteiger partial charge in [-0.05, 0) is 37.1 Å². The first kappa shape index (κ1) is 14.5. The van der Waals surface area contributed by atoms with Gasteiger partial charge in [-0.25, -0.2) is 4.39 Å². The normalized spacial score (nSPS) is 10.3. The maximum absolute atomic E-state index is 13.7. The van der Waals surface area contributed by atoms with Crippen LogP contribution in [0.15, 0.2) is 36.4 Å². The number of rotatable bonds is 4. The standard InChI is InChI=1S/C16H16FNOS/c1-10-3-4-11(2)12(7-10)9-19-13-5-6-14(16(18)20)15(17)8-13/h3-8H,9H2,1-2H3,(H2,18,20). The van der Waals surface area contributed by atoms with E-state index in [2.05, 4.69) is 12.1 Å². The first-order valence-corrected chi connectivity index (χ1v) is 6.66. The fourth-order valence-electron chi connectivity index (χ4n) is 1.90. The highest BCUT2D eigenvalue weighted by Gasteiger charge is 2.07. The Bertz CT molecular complexity index is 655. The van der Waals surface area contributed by atoms with E-state index >= 15 is 0 Å². The zero-order valence-corrected chi connectivity index (χ0v) is 12.3. The first-order valence-electron chi connectivity index (χ1n) is 6.25. The van der Waals surface area contributed by atoms with Gasteiger partial charge in [-0.3, -0.25) is 0 Å². The van der Waals surface area contributed by atoms with E-state index in [1.54, 1.807) is 6.07 Å². The van der Waals surface area contributed by atoms with E-state index in [0.717, 1.165) is 11.1 Å². The Morgan fingerprint density at radius 2 is 1.95 bits per heavy atom. The zero-order valence-electron chi connectivity index (χ0n) is 11.4. The molecule has 0 spiro atoms. The summed E-state index contributed by atoms with van der Waals surface area (Å²) in [6.07, 6.45) is 0. The molecule has 2 aromatic carbocycles. The summed E-state index contributed by atoms with van der Waals surface area (Å²) in [5.41, 5.74) is 9.06. The Hall–Kier alpha value is -1.94. The number of halogens is 1. The lowest BCUT2D eigenvalue weighted by Crippen LogP contribution is -2.11. The van der Waals surface area contributed by atoms with Crippen molar-refractivity contribution in [3.05, 3.63) is 64.5 Å². The second-order valence-corrected chi connectivity index (χ2v) is 5.16. The summed E-state index contributed by atoms with van der Waals surface area (Å²) in [5.74, 6) is -0.000583. The van der Waals surface area contributed by atoms with Crippen molar-refractivity contribution in [2.45, 2.75) is 20.5 Å². The number of aryl methyl sites for hydroxylation is 2. The summed E-state index contributed by atoms with van der Waals surface area (Å²) in [6, 6.07) is 10.7. The Balaban J connectivity index is 2.13. The van der Waals surface area contributed by atoms with Crippen LogP contribution in [0.1, 0.15) is 22.3 Å². The predicted octanol–water partition coefficient (Wildman–Crippen LogP) is 3.66. The molecule has 20 heavy (non-hydrogen) atoms. The molecule has 2 aromatic rings. The summed E-state index contributed by atoms with van der Waals surface area (Å²) >= 11 is 4.76. The molecule has 0 radical (unpaired) electrons. The number of hydrogen-bond acceptors (Lipinski definition) is 2. The fraction of sp³-hybridized carbons (Fsp3) is 0.188. The predicted molar refractivity (Wildman–Crippen MR) is 82.5 cm³/mol. The molecule has 0 saturated carbocycles. The summed E-state index contributed by atoms with van der Waals surface area (Å²) < 4.78 is 19.3. The highest BCUT2D eigenvalue weighted by molar-refractivity contribution is 7.80. The molecule has 0 saturated heterocycles. The van der Waals surface area contributed by atoms with Crippen molar-refractivity contribution in [3.8, 4) is 5.75 Å². The molecular weight excluding hydrogens is 273 g/mol. The van der Waals surface area contributed by atoms with Crippen LogP contribution < -0.4 is 10.5 Å². The minimum Gasteiger partial charge on any atom is -0.489 e. The van der Waals surface area contributed by atoms with Gasteiger partial charge in [0.25, 0.3) is 0 Å². The summed E-state index contributed by atoms with van der Waals surface area (Å²) in [6.45, 7) is 4.45. The minimum atomic E-state index is -0.462. The van der Waals surface area contributed by atoms with Crippen LogP contribution in [0.5, 0.6) is 5.75 Å². The van der Waals surface area contributed by atoms with E-state index in [4.69, 9.17) is 22.7 Å². The van der Waals surface area contributed by atoms with Crippen molar-refractivity contribution in [1.82, 2.24) is 0 Å². The SMILES string of the molecule is Cc1ccc(C)c(COc2ccc(C(N)=S)c(F)c2)c1. The quantitative estimate of drug-likeness (QED) is 0.873. The van der Waals surface area contributed by atoms with Crippen molar-refractivity contribution in [2.75, 3.05) is 0 Å². The molecule has 0 bridgehead atoms. The van der Waals surface area contributed by atoms with Crippen LogP contribution in [0.2, 0.25) is 0 Å². The lowest BCUT2D eigenvalue weighted by molar-refractivity contribution is 0.303. The summed E-state index contributed by atoms with van der Waals surface area (Å²) in [4.78, 5) is 0.0450. The van der Waals surface area contributed by atoms with E-state index in [0.29, 0.717) is 12.4 Å². The van der Waals surface area contributed by atoms with E-state index in [1.165, 1.54) is 17.7 Å². The molecule has 4 heteroatoms. The second kappa shape index (κ2) is 6.01. The van der Waals surface area contributed by atoms with Gasteiger partial charge in [-0.2, -0.15) is 0 Å². The van der Waals surface area contributed by atoms with Crippen molar-refractivity contribution in [1.29, 1.82) is 0 Å². The molecule has 0 heterocycles. The molecule has 0 aromatic heterocycles. The summed E-state index contributed by atoms with van der Waals surface area (Å²) in [7, 11) is 0. The second-order valence-electron chi connectivity index (χ2n) is 4.72. The van der Waals surface area contributed by atoms with Gasteiger partial charge in [-0.1, -0.05) is 36.0 Å². The van der Waals surface area contributed by atoms with Gasteiger partial charge < -0.3 is 10.5 Å². The molecule has 0 aliphatic rings. The van der Waals surface area contributed by atoms with Crippen LogP contribution in [0, 0.1) is 19.7 Å². The highest BCUT2D eigenvalue weighted by Crippen LogP contribution is 2.19. The molecule has 0 amide bonds. The molecule has 0 unspecified atom stereocenters. The van der Waals surface area contributed by atoms with Crippen LogP contribution >= 0.6 is 12.2 Å². The van der Waals surface area contributed by atoms with Crippen LogP contribution in [-0.4, -0.2) is 4.99 Å². The molecule has 0 atom stereocenters. The van der Waals surface area contributed by atoms with Gasteiger partial charge in [0.05, 0.1) is 0 Å². The average Bonchev–Trinajstić information content (AvgIpc) is 2.39. The zero-order chi connectivity index (χ0) is 14.7. The number of thiocarbonyl (C=S) groups is 1. The Labute approximate surface area is 123 Å². The monoisotopic (exact) mass is 289 g/mol. The van der Waals surface area contributed by atoms with Gasteiger partial charge >= 0.3 is 0 Å². The smallest absolute Gasteiger partial charge is 0.137 e. The number of benzene rings is 2. The molecule has 104 valence electrons. The van der Waals surface area contributed by atoms with Crippen molar-refractivity contribution < 1.29 is 9.13 Å². The minimum absolute atomic E-state index is 0.0450. The lowest BCUT2D eigenvalue weighted by atomic mass is 10.1. The maximum atomic E-state index is 13.7.